The van der Waals surface area contributed by atoms with Crippen molar-refractivity contribution in [3.8, 4) is 0 Å². The Labute approximate surface area is 275 Å². The highest BCUT2D eigenvalue weighted by Gasteiger charge is 2.36. The van der Waals surface area contributed by atoms with E-state index < -0.39 is 34.3 Å². The van der Waals surface area contributed by atoms with Crippen LogP contribution in [0.25, 0.3) is 0 Å². The minimum atomic E-state index is -4.30. The number of amides is 2. The van der Waals surface area contributed by atoms with E-state index in [1.54, 1.807) is 48.5 Å². The van der Waals surface area contributed by atoms with Crippen molar-refractivity contribution in [1.82, 2.24) is 10.2 Å². The van der Waals surface area contributed by atoms with Crippen LogP contribution in [0.1, 0.15) is 42.4 Å². The molecule has 1 aliphatic rings. The molecule has 0 aromatic heterocycles. The van der Waals surface area contributed by atoms with Gasteiger partial charge in [-0.1, -0.05) is 103 Å². The fraction of sp³-hybridized carbons (Fsp3) is 0.278. The lowest BCUT2D eigenvalue weighted by Crippen LogP contribution is -2.54. The number of para-hydroxylation sites is 1. The fourth-order valence-electron chi connectivity index (χ4n) is 5.74. The van der Waals surface area contributed by atoms with Crippen molar-refractivity contribution in [3.05, 3.63) is 131 Å². The second-order valence-corrected chi connectivity index (χ2v) is 13.9. The molecule has 7 nitrogen and oxygen atoms in total. The maximum atomic E-state index is 15.1. The molecule has 0 unspecified atom stereocenters. The van der Waals surface area contributed by atoms with Crippen LogP contribution in [0.2, 0.25) is 5.02 Å². The van der Waals surface area contributed by atoms with Crippen LogP contribution in [0, 0.1) is 12.7 Å². The second-order valence-electron chi connectivity index (χ2n) is 11.6. The third-order valence-electron chi connectivity index (χ3n) is 8.28. The number of rotatable bonds is 12. The zero-order valence-electron chi connectivity index (χ0n) is 25.6. The first kappa shape index (κ1) is 33.2. The standard InChI is InChI=1S/C36H37ClFN3O4S/c1-26-19-21-30(22-20-26)46(44,45)41(33-18-10-8-16-31(33)37)25-35(42)40(24-28-13-5-9-17-32(28)38)34(23-27-11-3-2-4-12-27)36(43)39-29-14-6-7-15-29/h2-5,8-13,16-22,29,34H,6-7,14-15,23-25H2,1H3,(H,39,43)/t34-/m0/s1. The number of halogens is 2. The van der Waals surface area contributed by atoms with Crippen LogP contribution in [0.4, 0.5) is 10.1 Å². The van der Waals surface area contributed by atoms with Crippen molar-refractivity contribution in [2.75, 3.05) is 10.8 Å². The maximum absolute atomic E-state index is 15.1. The predicted octanol–water partition coefficient (Wildman–Crippen LogP) is 6.68. The summed E-state index contributed by atoms with van der Waals surface area (Å²) in [6.07, 6.45) is 3.81. The van der Waals surface area contributed by atoms with E-state index in [1.165, 1.54) is 29.2 Å². The minimum absolute atomic E-state index is 0.0220. The highest BCUT2D eigenvalue weighted by molar-refractivity contribution is 7.92. The molecule has 46 heavy (non-hydrogen) atoms. The minimum Gasteiger partial charge on any atom is -0.352 e. The molecule has 1 N–H and O–H groups in total. The molecule has 240 valence electrons. The third kappa shape index (κ3) is 7.95. The Morgan fingerprint density at radius 2 is 1.52 bits per heavy atom. The zero-order valence-corrected chi connectivity index (χ0v) is 27.2. The first-order chi connectivity index (χ1) is 22.1. The van der Waals surface area contributed by atoms with Crippen LogP contribution >= 0.6 is 11.6 Å². The van der Waals surface area contributed by atoms with Gasteiger partial charge in [0.2, 0.25) is 11.8 Å². The Hall–Kier alpha value is -4.21. The SMILES string of the molecule is Cc1ccc(S(=O)(=O)N(CC(=O)N(Cc2ccccc2F)[C@@H](Cc2ccccc2)C(=O)NC2CCCC2)c2ccccc2Cl)cc1. The predicted molar refractivity (Wildman–Crippen MR) is 178 cm³/mol. The summed E-state index contributed by atoms with van der Waals surface area (Å²) in [7, 11) is -4.30. The highest BCUT2D eigenvalue weighted by atomic mass is 35.5. The summed E-state index contributed by atoms with van der Waals surface area (Å²) < 4.78 is 44.4. The van der Waals surface area contributed by atoms with Gasteiger partial charge in [0.05, 0.1) is 15.6 Å². The van der Waals surface area contributed by atoms with Gasteiger partial charge in [-0.25, -0.2) is 12.8 Å². The first-order valence-electron chi connectivity index (χ1n) is 15.3. The van der Waals surface area contributed by atoms with Gasteiger partial charge in [0.1, 0.15) is 18.4 Å². The smallest absolute Gasteiger partial charge is 0.264 e. The van der Waals surface area contributed by atoms with E-state index in [9.17, 15) is 18.0 Å². The Kier molecular flexibility index (Phi) is 10.8. The van der Waals surface area contributed by atoms with Crippen LogP contribution < -0.4 is 9.62 Å². The van der Waals surface area contributed by atoms with Gasteiger partial charge in [-0.3, -0.25) is 13.9 Å². The van der Waals surface area contributed by atoms with Crippen LogP contribution in [0.15, 0.2) is 108 Å². The molecule has 1 saturated carbocycles. The van der Waals surface area contributed by atoms with Gasteiger partial charge in [0.25, 0.3) is 10.0 Å². The molecule has 0 aliphatic heterocycles. The van der Waals surface area contributed by atoms with Crippen LogP contribution in [0.3, 0.4) is 0 Å². The molecule has 1 aliphatic carbocycles. The van der Waals surface area contributed by atoms with Gasteiger partial charge in [-0.2, -0.15) is 0 Å². The van der Waals surface area contributed by atoms with E-state index in [1.807, 2.05) is 37.3 Å². The molecular weight excluding hydrogens is 625 g/mol. The van der Waals surface area contributed by atoms with Gasteiger partial charge in [0.15, 0.2) is 0 Å². The van der Waals surface area contributed by atoms with E-state index in [2.05, 4.69) is 5.32 Å². The Balaban J connectivity index is 1.58. The van der Waals surface area contributed by atoms with Crippen LogP contribution in [-0.4, -0.2) is 43.8 Å². The summed E-state index contributed by atoms with van der Waals surface area (Å²) in [5.74, 6) is -1.59. The number of aryl methyl sites for hydroxylation is 1. The number of hydrogen-bond acceptors (Lipinski definition) is 4. The number of nitrogens with zero attached hydrogens (tertiary/aromatic N) is 2. The normalized spacial score (nSPS) is 14.1. The molecule has 0 radical (unpaired) electrons. The summed E-state index contributed by atoms with van der Waals surface area (Å²) in [6, 6.07) is 26.9. The topological polar surface area (TPSA) is 86.8 Å². The highest BCUT2D eigenvalue weighted by Crippen LogP contribution is 2.31. The molecule has 4 aromatic carbocycles. The molecule has 2 amide bonds. The number of sulfonamides is 1. The maximum Gasteiger partial charge on any atom is 0.264 e. The average Bonchev–Trinajstić information content (AvgIpc) is 3.56. The molecule has 0 spiro atoms. The molecule has 1 atom stereocenters. The monoisotopic (exact) mass is 661 g/mol. The molecule has 1 fully saturated rings. The summed E-state index contributed by atoms with van der Waals surface area (Å²) in [5.41, 5.74) is 1.98. The molecule has 0 heterocycles. The first-order valence-corrected chi connectivity index (χ1v) is 17.2. The van der Waals surface area contributed by atoms with E-state index >= 15 is 4.39 Å². The zero-order chi connectivity index (χ0) is 32.7. The van der Waals surface area contributed by atoms with Gasteiger partial charge in [-0.05, 0) is 55.7 Å². The second kappa shape index (κ2) is 14.9. The van der Waals surface area contributed by atoms with Crippen molar-refractivity contribution in [2.24, 2.45) is 0 Å². The lowest BCUT2D eigenvalue weighted by Gasteiger charge is -2.34. The van der Waals surface area contributed by atoms with E-state index in [4.69, 9.17) is 11.6 Å². The van der Waals surface area contributed by atoms with Crippen molar-refractivity contribution >= 4 is 39.1 Å². The summed E-state index contributed by atoms with van der Waals surface area (Å²) >= 11 is 6.52. The van der Waals surface area contributed by atoms with E-state index in [-0.39, 0.29) is 46.1 Å². The molecule has 0 bridgehead atoms. The van der Waals surface area contributed by atoms with E-state index in [0.717, 1.165) is 41.1 Å². The van der Waals surface area contributed by atoms with Gasteiger partial charge < -0.3 is 10.2 Å². The summed E-state index contributed by atoms with van der Waals surface area (Å²) in [5, 5.41) is 3.24. The Bertz CT molecular complexity index is 1760. The van der Waals surface area contributed by atoms with Gasteiger partial charge in [0, 0.05) is 24.6 Å². The number of hydrogen-bond donors (Lipinski definition) is 1. The van der Waals surface area contributed by atoms with Crippen molar-refractivity contribution < 1.29 is 22.4 Å². The number of anilines is 1. The quantitative estimate of drug-likeness (QED) is 0.184. The number of carbonyl (C=O) groups excluding carboxylic acids is 2. The lowest BCUT2D eigenvalue weighted by atomic mass is 10.0. The molecule has 0 saturated heterocycles. The van der Waals surface area contributed by atoms with Crippen LogP contribution in [-0.2, 0) is 32.6 Å². The third-order valence-corrected chi connectivity index (χ3v) is 10.4. The molecule has 4 aromatic rings. The summed E-state index contributed by atoms with van der Waals surface area (Å²) in [4.78, 5) is 29.8. The van der Waals surface area contributed by atoms with Gasteiger partial charge >= 0.3 is 0 Å². The van der Waals surface area contributed by atoms with E-state index in [0.29, 0.717) is 0 Å². The fourth-order valence-corrected chi connectivity index (χ4v) is 7.46. The van der Waals surface area contributed by atoms with Crippen molar-refractivity contribution in [3.63, 3.8) is 0 Å². The number of nitrogens with one attached hydrogen (secondary N) is 1. The Morgan fingerprint density at radius 3 is 2.20 bits per heavy atom. The largest absolute Gasteiger partial charge is 0.352 e. The molecule has 5 rings (SSSR count). The van der Waals surface area contributed by atoms with Gasteiger partial charge in [-0.15, -0.1) is 0 Å². The van der Waals surface area contributed by atoms with Crippen molar-refractivity contribution in [2.45, 2.75) is 62.6 Å². The molecular formula is C36H37ClFN3O4S. The number of carbonyl (C=O) groups is 2. The van der Waals surface area contributed by atoms with Crippen molar-refractivity contribution in [1.29, 1.82) is 0 Å². The average molecular weight is 662 g/mol. The lowest BCUT2D eigenvalue weighted by molar-refractivity contribution is -0.140. The van der Waals surface area contributed by atoms with Crippen LogP contribution in [0.5, 0.6) is 0 Å². The molecule has 10 heteroatoms. The number of benzene rings is 4. The summed E-state index contributed by atoms with van der Waals surface area (Å²) in [6.45, 7) is 0.925. The Morgan fingerprint density at radius 1 is 0.891 bits per heavy atom.